The number of rotatable bonds is 8. The van der Waals surface area contributed by atoms with E-state index in [-0.39, 0.29) is 23.7 Å². The van der Waals surface area contributed by atoms with Crippen LogP contribution in [0.25, 0.3) is 21.9 Å². The largest absolute Gasteiger partial charge is 0.338 e. The van der Waals surface area contributed by atoms with Crippen LogP contribution in [0.3, 0.4) is 0 Å². The van der Waals surface area contributed by atoms with Gasteiger partial charge in [-0.25, -0.2) is 9.59 Å². The summed E-state index contributed by atoms with van der Waals surface area (Å²) in [6, 6.07) is 14.0. The van der Waals surface area contributed by atoms with Gasteiger partial charge in [-0.05, 0) is 81.4 Å². The number of aryl methyl sites for hydroxylation is 2. The number of piperidine rings is 2. The summed E-state index contributed by atoms with van der Waals surface area (Å²) in [7, 11) is 2.19. The number of fused-ring (bicyclic) bond motifs is 3. The standard InChI is InChI=1S/C39H52N8O3/c1-4-28-11-10-27(24-29(28)5-2)25-34(37(48)45-22-20-44(21-23-45)30-12-16-43(3)17-13-30)41-38(49)46-18-14-31(15-19-46)47-35-26-40-33-9-7-6-8-32(33)36(35)42-39(47)50/h6-11,24,26,30-31,34H,4-5,12-23,25H2,1-3H3,(H,41,49)(H,42,50)/t34-/m1/s1. The molecule has 2 N–H and O–H groups in total. The molecule has 3 saturated heterocycles. The number of amides is 3. The van der Waals surface area contributed by atoms with Gasteiger partial charge < -0.3 is 25.0 Å². The van der Waals surface area contributed by atoms with Crippen molar-refractivity contribution < 1.29 is 9.59 Å². The lowest BCUT2D eigenvalue weighted by Gasteiger charge is -2.43. The number of carbonyl (C=O) groups excluding carboxylic acids is 2. The number of carbonyl (C=O) groups is 2. The van der Waals surface area contributed by atoms with Gasteiger partial charge in [0, 0.05) is 63.2 Å². The number of pyridine rings is 1. The summed E-state index contributed by atoms with van der Waals surface area (Å²) in [6.07, 6.45) is 7.77. The topological polar surface area (TPSA) is 110 Å². The predicted octanol–water partition coefficient (Wildman–Crippen LogP) is 4.20. The first-order valence-corrected chi connectivity index (χ1v) is 18.7. The van der Waals surface area contributed by atoms with E-state index in [1.165, 1.54) is 24.0 Å². The minimum absolute atomic E-state index is 0.000971. The van der Waals surface area contributed by atoms with Gasteiger partial charge in [-0.2, -0.15) is 0 Å². The van der Waals surface area contributed by atoms with Crippen LogP contribution in [0.1, 0.15) is 62.3 Å². The van der Waals surface area contributed by atoms with Crippen molar-refractivity contribution in [2.75, 3.05) is 59.4 Å². The van der Waals surface area contributed by atoms with E-state index < -0.39 is 6.04 Å². The lowest BCUT2D eigenvalue weighted by molar-refractivity contribution is -0.135. The van der Waals surface area contributed by atoms with E-state index in [0.717, 1.165) is 66.5 Å². The molecule has 11 heteroatoms. The molecule has 7 rings (SSSR count). The van der Waals surface area contributed by atoms with E-state index in [0.29, 0.717) is 51.5 Å². The molecule has 266 valence electrons. The van der Waals surface area contributed by atoms with E-state index in [4.69, 9.17) is 0 Å². The number of hydrogen-bond acceptors (Lipinski definition) is 6. The number of hydrogen-bond donors (Lipinski definition) is 2. The second-order valence-electron chi connectivity index (χ2n) is 14.5. The van der Waals surface area contributed by atoms with Crippen molar-refractivity contribution in [2.24, 2.45) is 0 Å². The number of nitrogens with zero attached hydrogens (tertiary/aromatic N) is 6. The van der Waals surface area contributed by atoms with Gasteiger partial charge in [-0.3, -0.25) is 19.2 Å². The first-order valence-electron chi connectivity index (χ1n) is 18.7. The van der Waals surface area contributed by atoms with E-state index in [2.05, 4.69) is 64.2 Å². The van der Waals surface area contributed by atoms with Crippen LogP contribution in [0.4, 0.5) is 4.79 Å². The fourth-order valence-electron chi connectivity index (χ4n) is 8.46. The molecule has 11 nitrogen and oxygen atoms in total. The molecule has 0 radical (unpaired) electrons. The molecule has 3 aliphatic heterocycles. The van der Waals surface area contributed by atoms with Gasteiger partial charge in [0.15, 0.2) is 0 Å². The van der Waals surface area contributed by atoms with Gasteiger partial charge in [0.05, 0.1) is 22.7 Å². The molecule has 2 aromatic heterocycles. The first-order chi connectivity index (χ1) is 24.3. The van der Waals surface area contributed by atoms with Crippen LogP contribution in [-0.2, 0) is 24.1 Å². The number of aromatic nitrogens is 3. The molecular weight excluding hydrogens is 628 g/mol. The second kappa shape index (κ2) is 14.9. The summed E-state index contributed by atoms with van der Waals surface area (Å²) in [5, 5.41) is 4.10. The van der Waals surface area contributed by atoms with Gasteiger partial charge in [-0.1, -0.05) is 50.2 Å². The van der Waals surface area contributed by atoms with Crippen molar-refractivity contribution in [1.82, 2.24) is 39.5 Å². The Morgan fingerprint density at radius 3 is 2.28 bits per heavy atom. The van der Waals surface area contributed by atoms with Crippen LogP contribution >= 0.6 is 0 Å². The Kier molecular flexibility index (Phi) is 10.2. The average molecular weight is 681 g/mol. The van der Waals surface area contributed by atoms with Gasteiger partial charge in [0.2, 0.25) is 5.91 Å². The predicted molar refractivity (Wildman–Crippen MR) is 198 cm³/mol. The minimum atomic E-state index is -0.650. The van der Waals surface area contributed by atoms with Crippen LogP contribution in [0, 0.1) is 0 Å². The Bertz CT molecular complexity index is 1880. The number of piperazine rings is 1. The third kappa shape index (κ3) is 7.03. The van der Waals surface area contributed by atoms with Crippen LogP contribution in [0.5, 0.6) is 0 Å². The smallest absolute Gasteiger partial charge is 0.326 e. The van der Waals surface area contributed by atoms with Crippen molar-refractivity contribution in [3.8, 4) is 0 Å². The zero-order valence-corrected chi connectivity index (χ0v) is 29.9. The zero-order valence-electron chi connectivity index (χ0n) is 29.9. The summed E-state index contributed by atoms with van der Waals surface area (Å²) in [4.78, 5) is 57.6. The molecule has 3 amide bonds. The Labute approximate surface area is 294 Å². The quantitative estimate of drug-likeness (QED) is 0.289. The molecular formula is C39H52N8O3. The molecule has 0 saturated carbocycles. The summed E-state index contributed by atoms with van der Waals surface area (Å²) in [6.45, 7) is 10.7. The maximum Gasteiger partial charge on any atom is 0.326 e. The van der Waals surface area contributed by atoms with E-state index in [1.807, 2.05) is 33.7 Å². The Morgan fingerprint density at radius 2 is 1.56 bits per heavy atom. The fourth-order valence-corrected chi connectivity index (χ4v) is 8.46. The number of likely N-dealkylation sites (tertiary alicyclic amines) is 2. The van der Waals surface area contributed by atoms with Crippen LogP contribution < -0.4 is 11.0 Å². The molecule has 50 heavy (non-hydrogen) atoms. The van der Waals surface area contributed by atoms with E-state index in [1.54, 1.807) is 11.1 Å². The molecule has 0 spiro atoms. The molecule has 2 aromatic carbocycles. The third-order valence-corrected chi connectivity index (χ3v) is 11.5. The summed E-state index contributed by atoms with van der Waals surface area (Å²) < 4.78 is 1.81. The van der Waals surface area contributed by atoms with Crippen molar-refractivity contribution in [2.45, 2.75) is 76.9 Å². The highest BCUT2D eigenvalue weighted by atomic mass is 16.2. The number of nitrogens with one attached hydrogen (secondary N) is 2. The molecule has 0 unspecified atom stereocenters. The van der Waals surface area contributed by atoms with Gasteiger partial charge in [0.1, 0.15) is 6.04 Å². The fraction of sp³-hybridized carbons (Fsp3) is 0.538. The van der Waals surface area contributed by atoms with Crippen molar-refractivity contribution >= 4 is 33.9 Å². The summed E-state index contributed by atoms with van der Waals surface area (Å²) in [5.41, 5.74) is 5.98. The first kappa shape index (κ1) is 34.2. The number of imidazole rings is 1. The van der Waals surface area contributed by atoms with Gasteiger partial charge >= 0.3 is 11.7 Å². The van der Waals surface area contributed by atoms with E-state index in [9.17, 15) is 14.4 Å². The van der Waals surface area contributed by atoms with Crippen molar-refractivity contribution in [3.05, 3.63) is 75.8 Å². The second-order valence-corrected chi connectivity index (χ2v) is 14.5. The summed E-state index contributed by atoms with van der Waals surface area (Å²) in [5.74, 6) is -0.000971. The van der Waals surface area contributed by atoms with Crippen molar-refractivity contribution in [1.29, 1.82) is 0 Å². The van der Waals surface area contributed by atoms with Crippen LogP contribution in [0.15, 0.2) is 53.5 Å². The maximum atomic E-state index is 14.2. The highest BCUT2D eigenvalue weighted by Gasteiger charge is 2.34. The third-order valence-electron chi connectivity index (χ3n) is 11.5. The SMILES string of the molecule is CCc1ccc(C[C@@H](NC(=O)N2CCC(n3c(=O)[nH]c4c5ccccc5ncc43)CC2)C(=O)N2CCN(C3CCN(C)CC3)CC2)cc1CC. The molecule has 5 heterocycles. The monoisotopic (exact) mass is 680 g/mol. The van der Waals surface area contributed by atoms with Crippen LogP contribution in [-0.4, -0.2) is 118 Å². The summed E-state index contributed by atoms with van der Waals surface area (Å²) >= 11 is 0. The van der Waals surface area contributed by atoms with Gasteiger partial charge in [-0.15, -0.1) is 0 Å². The molecule has 3 aliphatic rings. The number of urea groups is 1. The lowest BCUT2D eigenvalue weighted by atomic mass is 9.96. The number of benzene rings is 2. The number of para-hydroxylation sites is 1. The number of aromatic amines is 1. The zero-order chi connectivity index (χ0) is 34.8. The average Bonchev–Trinajstić information content (AvgIpc) is 3.50. The molecule has 3 fully saturated rings. The van der Waals surface area contributed by atoms with Crippen molar-refractivity contribution in [3.63, 3.8) is 0 Å². The molecule has 0 bridgehead atoms. The van der Waals surface area contributed by atoms with Gasteiger partial charge in [0.25, 0.3) is 0 Å². The molecule has 4 aromatic rings. The highest BCUT2D eigenvalue weighted by Crippen LogP contribution is 2.28. The van der Waals surface area contributed by atoms with E-state index >= 15 is 0 Å². The highest BCUT2D eigenvalue weighted by molar-refractivity contribution is 6.01. The Morgan fingerprint density at radius 1 is 0.860 bits per heavy atom. The molecule has 1 atom stereocenters. The maximum absolute atomic E-state index is 14.2. The minimum Gasteiger partial charge on any atom is -0.338 e. The normalized spacial score (nSPS) is 19.3. The van der Waals surface area contributed by atoms with Crippen LogP contribution in [0.2, 0.25) is 0 Å². The Balaban J connectivity index is 1.03. The lowest BCUT2D eigenvalue weighted by Crippen LogP contribution is -2.59. The molecule has 0 aliphatic carbocycles. The number of H-pyrrole nitrogens is 1. The Hall–Kier alpha value is -4.22.